The third-order valence-corrected chi connectivity index (χ3v) is 3.20. The minimum atomic E-state index is -1.10. The number of hydrogen-bond acceptors (Lipinski definition) is 6. The van der Waals surface area contributed by atoms with Crippen LogP contribution in [0.5, 0.6) is 0 Å². The molecule has 0 spiro atoms. The van der Waals surface area contributed by atoms with Crippen molar-refractivity contribution in [1.29, 1.82) is 0 Å². The topological polar surface area (TPSA) is 106 Å². The average molecular weight is 287 g/mol. The second-order valence-electron chi connectivity index (χ2n) is 3.45. The van der Waals surface area contributed by atoms with Gasteiger partial charge < -0.3 is 19.6 Å². The molecule has 0 aliphatic carbocycles. The summed E-state index contributed by atoms with van der Waals surface area (Å²) < 4.78 is 9.70. The summed E-state index contributed by atoms with van der Waals surface area (Å²) in [6, 6.07) is 2.15. The number of carboxylic acids is 1. The van der Waals surface area contributed by atoms with E-state index in [9.17, 15) is 14.4 Å². The van der Waals surface area contributed by atoms with Gasteiger partial charge in [-0.05, 0) is 12.1 Å². The number of furan rings is 1. The highest BCUT2D eigenvalue weighted by Crippen LogP contribution is 2.16. The standard InChI is InChI=1S/C11H13NO6S/c1-17-11(16)9-3-2-7(18-9)4-19-5-8(10(14)15)12-6-13/h2-3,6,8H,4-5H2,1H3,(H,12,13)(H,14,15). The van der Waals surface area contributed by atoms with Crippen molar-refractivity contribution in [1.82, 2.24) is 5.32 Å². The number of carbonyl (C=O) groups is 3. The first-order valence-electron chi connectivity index (χ1n) is 5.25. The molecule has 1 aromatic heterocycles. The van der Waals surface area contributed by atoms with E-state index in [-0.39, 0.29) is 11.5 Å². The van der Waals surface area contributed by atoms with Crippen molar-refractivity contribution in [2.75, 3.05) is 12.9 Å². The summed E-state index contributed by atoms with van der Waals surface area (Å²) in [4.78, 5) is 32.1. The molecule has 1 amide bonds. The first-order chi connectivity index (χ1) is 9.08. The number of carboxylic acid groups (broad SMARTS) is 1. The number of esters is 1. The van der Waals surface area contributed by atoms with E-state index in [0.717, 1.165) is 0 Å². The molecule has 0 radical (unpaired) electrons. The molecule has 7 nitrogen and oxygen atoms in total. The minimum Gasteiger partial charge on any atom is -0.480 e. The van der Waals surface area contributed by atoms with E-state index in [1.807, 2.05) is 0 Å². The second kappa shape index (κ2) is 7.47. The van der Waals surface area contributed by atoms with Crippen LogP contribution < -0.4 is 5.32 Å². The maximum atomic E-state index is 11.1. The van der Waals surface area contributed by atoms with Crippen LogP contribution >= 0.6 is 11.8 Å². The van der Waals surface area contributed by atoms with E-state index in [4.69, 9.17) is 9.52 Å². The quantitative estimate of drug-likeness (QED) is 0.529. The van der Waals surface area contributed by atoms with Crippen molar-refractivity contribution >= 4 is 30.1 Å². The van der Waals surface area contributed by atoms with Crippen LogP contribution in [-0.4, -0.2) is 42.4 Å². The third-order valence-electron chi connectivity index (χ3n) is 2.14. The molecular weight excluding hydrogens is 274 g/mol. The molecule has 2 N–H and O–H groups in total. The molecule has 19 heavy (non-hydrogen) atoms. The number of nitrogens with one attached hydrogen (secondary N) is 1. The molecule has 104 valence electrons. The monoisotopic (exact) mass is 287 g/mol. The highest BCUT2D eigenvalue weighted by molar-refractivity contribution is 7.98. The summed E-state index contributed by atoms with van der Waals surface area (Å²) in [7, 11) is 1.25. The molecule has 0 fully saturated rings. The summed E-state index contributed by atoms with van der Waals surface area (Å²) in [5, 5.41) is 11.0. The Labute approximate surface area is 113 Å². The number of carbonyl (C=O) groups excluding carboxylic acids is 2. The maximum absolute atomic E-state index is 11.1. The van der Waals surface area contributed by atoms with Crippen LogP contribution in [0.15, 0.2) is 16.5 Å². The number of amides is 1. The Balaban J connectivity index is 2.44. The lowest BCUT2D eigenvalue weighted by Gasteiger charge is -2.09. The average Bonchev–Trinajstić information content (AvgIpc) is 2.85. The van der Waals surface area contributed by atoms with Crippen molar-refractivity contribution in [3.8, 4) is 0 Å². The lowest BCUT2D eigenvalue weighted by Crippen LogP contribution is -2.37. The zero-order chi connectivity index (χ0) is 14.3. The van der Waals surface area contributed by atoms with Crippen molar-refractivity contribution in [2.45, 2.75) is 11.8 Å². The van der Waals surface area contributed by atoms with E-state index in [1.165, 1.54) is 24.9 Å². The molecule has 0 saturated heterocycles. The summed E-state index contributed by atoms with van der Waals surface area (Å²) in [5.74, 6) is -0.458. The molecule has 0 saturated carbocycles. The fraction of sp³-hybridized carbons (Fsp3) is 0.364. The van der Waals surface area contributed by atoms with Crippen LogP contribution in [0, 0.1) is 0 Å². The van der Waals surface area contributed by atoms with E-state index >= 15 is 0 Å². The van der Waals surface area contributed by atoms with Gasteiger partial charge in [-0.1, -0.05) is 0 Å². The van der Waals surface area contributed by atoms with Crippen LogP contribution in [0.3, 0.4) is 0 Å². The first kappa shape index (κ1) is 15.1. The van der Waals surface area contributed by atoms with E-state index in [0.29, 0.717) is 17.9 Å². The molecule has 1 heterocycles. The number of thioether (sulfide) groups is 1. The number of aliphatic carboxylic acids is 1. The minimum absolute atomic E-state index is 0.0962. The lowest BCUT2D eigenvalue weighted by molar-refractivity contribution is -0.139. The van der Waals surface area contributed by atoms with Gasteiger partial charge in [0.25, 0.3) is 0 Å². The second-order valence-corrected chi connectivity index (χ2v) is 4.48. The van der Waals surface area contributed by atoms with Gasteiger partial charge in [-0.2, -0.15) is 11.8 Å². The third kappa shape index (κ3) is 4.66. The molecule has 1 atom stereocenters. The van der Waals surface area contributed by atoms with Gasteiger partial charge in [0.05, 0.1) is 12.9 Å². The van der Waals surface area contributed by atoms with Crippen molar-refractivity contribution in [3.05, 3.63) is 23.7 Å². The van der Waals surface area contributed by atoms with Gasteiger partial charge in [0.15, 0.2) is 0 Å². The molecule has 0 aromatic carbocycles. The van der Waals surface area contributed by atoms with Gasteiger partial charge in [0.2, 0.25) is 12.2 Å². The number of methoxy groups -OCH3 is 1. The fourth-order valence-electron chi connectivity index (χ4n) is 1.22. The summed E-state index contributed by atoms with van der Waals surface area (Å²) >= 11 is 1.27. The molecule has 1 unspecified atom stereocenters. The molecule has 0 aliphatic heterocycles. The Morgan fingerprint density at radius 1 is 1.58 bits per heavy atom. The van der Waals surface area contributed by atoms with Gasteiger partial charge in [-0.3, -0.25) is 4.79 Å². The molecule has 0 bridgehead atoms. The smallest absolute Gasteiger partial charge is 0.373 e. The molecular formula is C11H13NO6S. The van der Waals surface area contributed by atoms with E-state index in [1.54, 1.807) is 6.07 Å². The van der Waals surface area contributed by atoms with Gasteiger partial charge in [-0.15, -0.1) is 0 Å². The Morgan fingerprint density at radius 3 is 2.89 bits per heavy atom. The van der Waals surface area contributed by atoms with Crippen molar-refractivity contribution in [3.63, 3.8) is 0 Å². The van der Waals surface area contributed by atoms with Crippen LogP contribution in [0.25, 0.3) is 0 Å². The Hall–Kier alpha value is -1.96. The SMILES string of the molecule is COC(=O)c1ccc(CSCC(NC=O)C(=O)O)o1. The zero-order valence-electron chi connectivity index (χ0n) is 10.1. The number of hydrogen-bond donors (Lipinski definition) is 2. The molecule has 1 rings (SSSR count). The highest BCUT2D eigenvalue weighted by atomic mass is 32.2. The fourth-order valence-corrected chi connectivity index (χ4v) is 2.16. The van der Waals surface area contributed by atoms with Crippen molar-refractivity contribution < 1.29 is 28.6 Å². The first-order valence-corrected chi connectivity index (χ1v) is 6.41. The van der Waals surface area contributed by atoms with Gasteiger partial charge in [0.1, 0.15) is 11.8 Å². The predicted octanol–water partition coefficient (Wildman–Crippen LogP) is 0.499. The van der Waals surface area contributed by atoms with Crippen LogP contribution in [-0.2, 0) is 20.1 Å². The summed E-state index contributed by atoms with van der Waals surface area (Å²) in [6.45, 7) is 0. The number of rotatable bonds is 8. The van der Waals surface area contributed by atoms with Gasteiger partial charge in [-0.25, -0.2) is 9.59 Å². The Bertz CT molecular complexity index is 458. The lowest BCUT2D eigenvalue weighted by atomic mass is 10.3. The van der Waals surface area contributed by atoms with Crippen LogP contribution in [0.2, 0.25) is 0 Å². The molecule has 1 aromatic rings. The van der Waals surface area contributed by atoms with Gasteiger partial charge in [0, 0.05) is 5.75 Å². The Morgan fingerprint density at radius 2 is 2.32 bits per heavy atom. The predicted molar refractivity (Wildman–Crippen MR) is 66.8 cm³/mol. The van der Waals surface area contributed by atoms with Crippen LogP contribution in [0.1, 0.15) is 16.3 Å². The molecule has 0 aliphatic rings. The van der Waals surface area contributed by atoms with E-state index < -0.39 is 18.0 Å². The number of ether oxygens (including phenoxy) is 1. The largest absolute Gasteiger partial charge is 0.480 e. The summed E-state index contributed by atoms with van der Waals surface area (Å²) in [5.41, 5.74) is 0. The van der Waals surface area contributed by atoms with Gasteiger partial charge >= 0.3 is 11.9 Å². The zero-order valence-corrected chi connectivity index (χ0v) is 10.9. The maximum Gasteiger partial charge on any atom is 0.373 e. The highest BCUT2D eigenvalue weighted by Gasteiger charge is 2.17. The Kier molecular flexibility index (Phi) is 5.94. The van der Waals surface area contributed by atoms with E-state index in [2.05, 4.69) is 10.1 Å². The van der Waals surface area contributed by atoms with Crippen molar-refractivity contribution in [2.24, 2.45) is 0 Å². The summed E-state index contributed by atoms with van der Waals surface area (Å²) in [6.07, 6.45) is 0.349. The van der Waals surface area contributed by atoms with Crippen LogP contribution in [0.4, 0.5) is 0 Å². The molecule has 8 heteroatoms. The normalized spacial score (nSPS) is 11.6.